The number of likely N-dealkylation sites (N-methyl/N-ethyl adjacent to an activating group) is 1. The molecule has 1 unspecified atom stereocenters. The number of carbonyl (C=O) groups is 2. The molecule has 0 heterocycles. The molecule has 0 aliphatic rings. The van der Waals surface area contributed by atoms with Crippen LogP contribution in [0.5, 0.6) is 0 Å². The Morgan fingerprint density at radius 1 is 0.923 bits per heavy atom. The van der Waals surface area contributed by atoms with Crippen LogP contribution in [0.3, 0.4) is 0 Å². The van der Waals surface area contributed by atoms with E-state index in [4.69, 9.17) is 23.2 Å². The molecule has 10 heteroatoms. The van der Waals surface area contributed by atoms with E-state index in [1.165, 1.54) is 23.1 Å². The Balaban J connectivity index is 2.12. The molecular weight excluding hydrogens is 557 g/mol. The number of hydrogen-bond donors (Lipinski definition) is 1. The van der Waals surface area contributed by atoms with Gasteiger partial charge in [0.2, 0.25) is 11.8 Å². The fourth-order valence-corrected chi connectivity index (χ4v) is 6.09. The van der Waals surface area contributed by atoms with Gasteiger partial charge in [0.15, 0.2) is 0 Å². The molecule has 0 spiro atoms. The molecule has 7 nitrogen and oxygen atoms in total. The molecule has 3 aromatic rings. The van der Waals surface area contributed by atoms with Gasteiger partial charge in [0.05, 0.1) is 20.6 Å². The summed E-state index contributed by atoms with van der Waals surface area (Å²) in [5, 5.41) is 2.94. The first-order valence-electron chi connectivity index (χ1n) is 12.7. The van der Waals surface area contributed by atoms with Crippen molar-refractivity contribution in [3.8, 4) is 0 Å². The normalized spacial score (nSPS) is 12.1. The summed E-state index contributed by atoms with van der Waals surface area (Å²) in [5.41, 5.74) is 2.75. The summed E-state index contributed by atoms with van der Waals surface area (Å²) in [6.07, 6.45) is 0.339. The third kappa shape index (κ3) is 7.12. The molecule has 0 radical (unpaired) electrons. The van der Waals surface area contributed by atoms with Crippen molar-refractivity contribution >= 4 is 50.7 Å². The summed E-state index contributed by atoms with van der Waals surface area (Å²) in [4.78, 5) is 28.5. The standard InChI is InChI=1S/C29H33Cl2N3O4S/c1-5-25(29(36)32-6-2)33(18-22-11-8-7-10-21(22)4)27(35)19-34(26-13-9-12-24(30)28(26)31)39(37,38)23-16-14-20(3)15-17-23/h7-17,25H,5-6,18-19H2,1-4H3,(H,32,36). The van der Waals surface area contributed by atoms with Gasteiger partial charge in [0.1, 0.15) is 12.6 Å². The summed E-state index contributed by atoms with van der Waals surface area (Å²) in [6, 6.07) is 17.7. The second kappa shape index (κ2) is 13.3. The Morgan fingerprint density at radius 2 is 1.59 bits per heavy atom. The van der Waals surface area contributed by atoms with Gasteiger partial charge in [0, 0.05) is 13.1 Å². The largest absolute Gasteiger partial charge is 0.355 e. The summed E-state index contributed by atoms with van der Waals surface area (Å²) in [6.45, 7) is 7.32. The van der Waals surface area contributed by atoms with E-state index in [2.05, 4.69) is 5.32 Å². The first-order chi connectivity index (χ1) is 18.5. The van der Waals surface area contributed by atoms with Gasteiger partial charge in [-0.3, -0.25) is 13.9 Å². The SMILES string of the molecule is CCNC(=O)C(CC)N(Cc1ccccc1C)C(=O)CN(c1cccc(Cl)c1Cl)S(=O)(=O)c1ccc(C)cc1. The van der Waals surface area contributed by atoms with E-state index in [0.29, 0.717) is 13.0 Å². The van der Waals surface area contributed by atoms with Crippen LogP contribution in [-0.2, 0) is 26.2 Å². The molecule has 0 aromatic heterocycles. The van der Waals surface area contributed by atoms with Gasteiger partial charge >= 0.3 is 0 Å². The molecule has 1 atom stereocenters. The molecule has 0 bridgehead atoms. The molecule has 3 aromatic carbocycles. The monoisotopic (exact) mass is 589 g/mol. The highest BCUT2D eigenvalue weighted by Crippen LogP contribution is 2.35. The predicted molar refractivity (Wildman–Crippen MR) is 157 cm³/mol. The van der Waals surface area contributed by atoms with Crippen LogP contribution >= 0.6 is 23.2 Å². The van der Waals surface area contributed by atoms with Crippen molar-refractivity contribution in [2.75, 3.05) is 17.4 Å². The maximum atomic E-state index is 14.0. The van der Waals surface area contributed by atoms with Gasteiger partial charge in [-0.2, -0.15) is 0 Å². The molecule has 39 heavy (non-hydrogen) atoms. The Bertz CT molecular complexity index is 1430. The second-order valence-corrected chi connectivity index (χ2v) is 11.8. The van der Waals surface area contributed by atoms with Crippen molar-refractivity contribution < 1.29 is 18.0 Å². The number of nitrogens with one attached hydrogen (secondary N) is 1. The summed E-state index contributed by atoms with van der Waals surface area (Å²) in [5.74, 6) is -0.862. The van der Waals surface area contributed by atoms with Crippen LogP contribution in [0.15, 0.2) is 71.6 Å². The highest BCUT2D eigenvalue weighted by atomic mass is 35.5. The van der Waals surface area contributed by atoms with E-state index < -0.39 is 28.5 Å². The van der Waals surface area contributed by atoms with Crippen LogP contribution in [0.1, 0.15) is 37.0 Å². The average molecular weight is 591 g/mol. The topological polar surface area (TPSA) is 86.8 Å². The number of benzene rings is 3. The lowest BCUT2D eigenvalue weighted by molar-refractivity contribution is -0.140. The molecule has 3 rings (SSSR count). The minimum Gasteiger partial charge on any atom is -0.355 e. The van der Waals surface area contributed by atoms with Gasteiger partial charge in [-0.05, 0) is 62.6 Å². The molecule has 1 N–H and O–H groups in total. The van der Waals surface area contributed by atoms with Crippen molar-refractivity contribution in [1.82, 2.24) is 10.2 Å². The molecule has 208 valence electrons. The molecule has 0 saturated heterocycles. The maximum absolute atomic E-state index is 14.0. The fourth-order valence-electron chi connectivity index (χ4n) is 4.22. The first-order valence-corrected chi connectivity index (χ1v) is 14.9. The van der Waals surface area contributed by atoms with Gasteiger partial charge in [-0.15, -0.1) is 0 Å². The van der Waals surface area contributed by atoms with Crippen LogP contribution in [0.25, 0.3) is 0 Å². The summed E-state index contributed by atoms with van der Waals surface area (Å²) >= 11 is 12.7. The van der Waals surface area contributed by atoms with Crippen LogP contribution in [0.4, 0.5) is 5.69 Å². The number of hydrogen-bond acceptors (Lipinski definition) is 4. The Morgan fingerprint density at radius 3 is 2.21 bits per heavy atom. The van der Waals surface area contributed by atoms with Crippen LogP contribution in [0, 0.1) is 13.8 Å². The van der Waals surface area contributed by atoms with Crippen molar-refractivity contribution in [2.45, 2.75) is 51.6 Å². The predicted octanol–water partition coefficient (Wildman–Crippen LogP) is 5.75. The molecule has 0 aliphatic carbocycles. The van der Waals surface area contributed by atoms with Crippen molar-refractivity contribution in [3.63, 3.8) is 0 Å². The van der Waals surface area contributed by atoms with Crippen LogP contribution in [0.2, 0.25) is 10.0 Å². The minimum atomic E-state index is -4.24. The fraction of sp³-hybridized carbons (Fsp3) is 0.310. The molecule has 0 saturated carbocycles. The number of nitrogens with zero attached hydrogens (tertiary/aromatic N) is 2. The van der Waals surface area contributed by atoms with Crippen molar-refractivity contribution in [2.24, 2.45) is 0 Å². The van der Waals surface area contributed by atoms with E-state index in [1.54, 1.807) is 31.2 Å². The number of amides is 2. The molecule has 2 amide bonds. The van der Waals surface area contributed by atoms with Crippen molar-refractivity contribution in [3.05, 3.63) is 93.5 Å². The van der Waals surface area contributed by atoms with Gasteiger partial charge in [0.25, 0.3) is 10.0 Å². The molecule has 0 aliphatic heterocycles. The summed E-state index contributed by atoms with van der Waals surface area (Å²) in [7, 11) is -4.24. The Labute approximate surface area is 240 Å². The van der Waals surface area contributed by atoms with Crippen LogP contribution in [-0.4, -0.2) is 44.3 Å². The van der Waals surface area contributed by atoms with Gasteiger partial charge < -0.3 is 10.2 Å². The Hall–Kier alpha value is -3.07. The number of sulfonamides is 1. The first kappa shape index (κ1) is 30.5. The highest BCUT2D eigenvalue weighted by Gasteiger charge is 2.34. The zero-order chi connectivity index (χ0) is 28.7. The number of halogens is 2. The molecular formula is C29H33Cl2N3O4S. The smallest absolute Gasteiger partial charge is 0.264 e. The van der Waals surface area contributed by atoms with Crippen LogP contribution < -0.4 is 9.62 Å². The van der Waals surface area contributed by atoms with E-state index in [-0.39, 0.29) is 33.1 Å². The maximum Gasteiger partial charge on any atom is 0.264 e. The van der Waals surface area contributed by atoms with Crippen molar-refractivity contribution in [1.29, 1.82) is 0 Å². The van der Waals surface area contributed by atoms with Gasteiger partial charge in [-0.1, -0.05) is 78.2 Å². The lowest BCUT2D eigenvalue weighted by atomic mass is 10.1. The highest BCUT2D eigenvalue weighted by molar-refractivity contribution is 7.92. The lowest BCUT2D eigenvalue weighted by Crippen LogP contribution is -2.52. The van der Waals surface area contributed by atoms with E-state index >= 15 is 0 Å². The number of anilines is 1. The molecule has 0 fully saturated rings. The average Bonchev–Trinajstić information content (AvgIpc) is 2.90. The van der Waals surface area contributed by atoms with E-state index in [1.807, 2.05) is 45.0 Å². The van der Waals surface area contributed by atoms with E-state index in [9.17, 15) is 18.0 Å². The third-order valence-electron chi connectivity index (χ3n) is 6.43. The number of aryl methyl sites for hydroxylation is 2. The summed E-state index contributed by atoms with van der Waals surface area (Å²) < 4.78 is 28.8. The van der Waals surface area contributed by atoms with Gasteiger partial charge in [-0.25, -0.2) is 8.42 Å². The quantitative estimate of drug-likeness (QED) is 0.308. The number of carbonyl (C=O) groups excluding carboxylic acids is 2. The third-order valence-corrected chi connectivity index (χ3v) is 9.01. The zero-order valence-electron chi connectivity index (χ0n) is 22.4. The second-order valence-electron chi connectivity index (χ2n) is 9.16. The zero-order valence-corrected chi connectivity index (χ0v) is 24.8. The Kier molecular flexibility index (Phi) is 10.4. The minimum absolute atomic E-state index is 0.00170. The van der Waals surface area contributed by atoms with E-state index in [0.717, 1.165) is 21.0 Å². The lowest BCUT2D eigenvalue weighted by Gasteiger charge is -2.33. The number of rotatable bonds is 11.